The van der Waals surface area contributed by atoms with E-state index in [-0.39, 0.29) is 0 Å². The lowest BCUT2D eigenvalue weighted by Crippen LogP contribution is -2.22. The van der Waals surface area contributed by atoms with Crippen molar-refractivity contribution in [2.24, 2.45) is 10.9 Å². The Labute approximate surface area is 71.5 Å². The zero-order valence-electron chi connectivity index (χ0n) is 6.20. The third-order valence-electron chi connectivity index (χ3n) is 2.19. The molecule has 1 aliphatic carbocycles. The summed E-state index contributed by atoms with van der Waals surface area (Å²) in [6.45, 7) is 0. The first-order valence-corrected chi connectivity index (χ1v) is 4.31. The Morgan fingerprint density at radius 1 is 1.36 bits per heavy atom. The molecule has 0 fully saturated rings. The summed E-state index contributed by atoms with van der Waals surface area (Å²) in [6.07, 6.45) is 10.6. The normalized spacial score (nSPS) is 34.8. The minimum atomic E-state index is 0.321. The summed E-state index contributed by atoms with van der Waals surface area (Å²) in [4.78, 5) is 4.35. The van der Waals surface area contributed by atoms with E-state index in [0.717, 1.165) is 18.0 Å². The molecule has 2 unspecified atom stereocenters. The van der Waals surface area contributed by atoms with E-state index >= 15 is 0 Å². The summed E-state index contributed by atoms with van der Waals surface area (Å²) >= 11 is 5.83. The molecule has 0 aromatic rings. The number of allylic oxidation sites excluding steroid dienone is 2. The fraction of sp³-hybridized carbons (Fsp3) is 0.444. The van der Waals surface area contributed by atoms with Crippen LogP contribution in [0.1, 0.15) is 12.8 Å². The molecule has 0 bridgehead atoms. The van der Waals surface area contributed by atoms with Gasteiger partial charge in [0.1, 0.15) is 5.17 Å². The molecule has 0 radical (unpaired) electrons. The first-order chi connectivity index (χ1) is 5.36. The highest BCUT2D eigenvalue weighted by atomic mass is 35.5. The number of hydrogen-bond acceptors (Lipinski definition) is 1. The SMILES string of the molecule is ClC1=NC2C=CC=CC2CC1. The quantitative estimate of drug-likeness (QED) is 0.526. The van der Waals surface area contributed by atoms with Crippen LogP contribution >= 0.6 is 11.6 Å². The van der Waals surface area contributed by atoms with E-state index < -0.39 is 0 Å². The molecule has 0 spiro atoms. The van der Waals surface area contributed by atoms with Gasteiger partial charge < -0.3 is 0 Å². The maximum atomic E-state index is 5.83. The molecule has 11 heavy (non-hydrogen) atoms. The molecule has 0 saturated heterocycles. The molecule has 2 aliphatic rings. The number of hydrogen-bond donors (Lipinski definition) is 0. The van der Waals surface area contributed by atoms with Gasteiger partial charge in [-0.15, -0.1) is 0 Å². The van der Waals surface area contributed by atoms with Crippen LogP contribution in [0.3, 0.4) is 0 Å². The lowest BCUT2D eigenvalue weighted by molar-refractivity contribution is 0.520. The highest BCUT2D eigenvalue weighted by molar-refractivity contribution is 6.65. The molecule has 1 heterocycles. The van der Waals surface area contributed by atoms with Gasteiger partial charge in [-0.3, -0.25) is 4.99 Å². The second-order valence-corrected chi connectivity index (χ2v) is 3.40. The van der Waals surface area contributed by atoms with E-state index in [4.69, 9.17) is 11.6 Å². The fourth-order valence-corrected chi connectivity index (χ4v) is 1.78. The zero-order chi connectivity index (χ0) is 7.68. The summed E-state index contributed by atoms with van der Waals surface area (Å²) in [5.41, 5.74) is 0. The highest BCUT2D eigenvalue weighted by Crippen LogP contribution is 2.26. The van der Waals surface area contributed by atoms with Crippen molar-refractivity contribution < 1.29 is 0 Å². The van der Waals surface area contributed by atoms with Gasteiger partial charge in [0.15, 0.2) is 0 Å². The Bertz CT molecular complexity index is 240. The van der Waals surface area contributed by atoms with Crippen molar-refractivity contribution in [1.82, 2.24) is 0 Å². The first-order valence-electron chi connectivity index (χ1n) is 3.93. The average Bonchev–Trinajstić information content (AvgIpc) is 2.04. The van der Waals surface area contributed by atoms with Crippen LogP contribution in [-0.4, -0.2) is 11.2 Å². The van der Waals surface area contributed by atoms with Crippen molar-refractivity contribution in [3.63, 3.8) is 0 Å². The molecule has 0 amide bonds. The summed E-state index contributed by atoms with van der Waals surface area (Å²) in [6, 6.07) is 0.321. The predicted octanol–water partition coefficient (Wildman–Crippen LogP) is 2.53. The largest absolute Gasteiger partial charge is 0.270 e. The molecule has 1 nitrogen and oxygen atoms in total. The second kappa shape index (κ2) is 2.82. The van der Waals surface area contributed by atoms with Gasteiger partial charge in [0.25, 0.3) is 0 Å². The smallest absolute Gasteiger partial charge is 0.101 e. The van der Waals surface area contributed by atoms with Gasteiger partial charge in [0.2, 0.25) is 0 Å². The van der Waals surface area contributed by atoms with E-state index in [9.17, 15) is 0 Å². The molecule has 2 atom stereocenters. The second-order valence-electron chi connectivity index (χ2n) is 2.97. The maximum Gasteiger partial charge on any atom is 0.101 e. The molecule has 2 rings (SSSR count). The molecule has 2 heteroatoms. The average molecular weight is 168 g/mol. The predicted molar refractivity (Wildman–Crippen MR) is 48.1 cm³/mol. The van der Waals surface area contributed by atoms with E-state index in [0.29, 0.717) is 12.0 Å². The summed E-state index contributed by atoms with van der Waals surface area (Å²) < 4.78 is 0. The van der Waals surface area contributed by atoms with Crippen LogP contribution in [0.2, 0.25) is 0 Å². The van der Waals surface area contributed by atoms with Crippen molar-refractivity contribution in [1.29, 1.82) is 0 Å². The summed E-state index contributed by atoms with van der Waals surface area (Å²) in [5.74, 6) is 0.600. The summed E-state index contributed by atoms with van der Waals surface area (Å²) in [7, 11) is 0. The van der Waals surface area contributed by atoms with Gasteiger partial charge in [-0.05, 0) is 6.42 Å². The Hall–Kier alpha value is -0.560. The number of nitrogens with zero attached hydrogens (tertiary/aromatic N) is 1. The van der Waals surface area contributed by atoms with Gasteiger partial charge in [0.05, 0.1) is 6.04 Å². The standard InChI is InChI=1S/C9H10ClN/c10-9-6-5-7-3-1-2-4-8(7)11-9/h1-4,7-8H,5-6H2. The molecule has 0 aromatic carbocycles. The molecule has 1 aliphatic heterocycles. The van der Waals surface area contributed by atoms with Crippen LogP contribution in [0, 0.1) is 5.92 Å². The minimum absolute atomic E-state index is 0.321. The molecule has 0 aromatic heterocycles. The molecule has 58 valence electrons. The van der Waals surface area contributed by atoms with E-state index in [1.807, 2.05) is 6.08 Å². The van der Waals surface area contributed by atoms with Crippen LogP contribution in [-0.2, 0) is 0 Å². The van der Waals surface area contributed by atoms with Crippen molar-refractivity contribution in [3.05, 3.63) is 24.3 Å². The molecular formula is C9H10ClN. The van der Waals surface area contributed by atoms with Gasteiger partial charge >= 0.3 is 0 Å². The van der Waals surface area contributed by atoms with Gasteiger partial charge in [-0.2, -0.15) is 0 Å². The van der Waals surface area contributed by atoms with E-state index in [1.165, 1.54) is 0 Å². The van der Waals surface area contributed by atoms with Crippen LogP contribution in [0.5, 0.6) is 0 Å². The fourth-order valence-electron chi connectivity index (χ4n) is 1.56. The van der Waals surface area contributed by atoms with Gasteiger partial charge in [-0.25, -0.2) is 0 Å². The van der Waals surface area contributed by atoms with Crippen molar-refractivity contribution in [2.75, 3.05) is 0 Å². The van der Waals surface area contributed by atoms with E-state index in [1.54, 1.807) is 0 Å². The lowest BCUT2D eigenvalue weighted by atomic mass is 9.89. The van der Waals surface area contributed by atoms with Crippen LogP contribution in [0.25, 0.3) is 0 Å². The third kappa shape index (κ3) is 1.38. The monoisotopic (exact) mass is 167 g/mol. The van der Waals surface area contributed by atoms with Gasteiger partial charge in [-0.1, -0.05) is 35.9 Å². The number of halogens is 1. The Morgan fingerprint density at radius 3 is 3.09 bits per heavy atom. The lowest BCUT2D eigenvalue weighted by Gasteiger charge is -2.24. The Kier molecular flexibility index (Phi) is 1.82. The zero-order valence-corrected chi connectivity index (χ0v) is 6.96. The maximum absolute atomic E-state index is 5.83. The van der Waals surface area contributed by atoms with Crippen LogP contribution in [0.15, 0.2) is 29.3 Å². The molecular weight excluding hydrogens is 158 g/mol. The van der Waals surface area contributed by atoms with E-state index in [2.05, 4.69) is 23.2 Å². The van der Waals surface area contributed by atoms with Crippen LogP contribution < -0.4 is 0 Å². The topological polar surface area (TPSA) is 12.4 Å². The summed E-state index contributed by atoms with van der Waals surface area (Å²) in [5, 5.41) is 0.784. The molecule has 0 N–H and O–H groups in total. The number of rotatable bonds is 0. The van der Waals surface area contributed by atoms with Crippen molar-refractivity contribution >= 4 is 16.8 Å². The van der Waals surface area contributed by atoms with Crippen molar-refractivity contribution in [3.8, 4) is 0 Å². The third-order valence-corrected chi connectivity index (χ3v) is 2.48. The Morgan fingerprint density at radius 2 is 2.18 bits per heavy atom. The number of fused-ring (bicyclic) bond motifs is 1. The van der Waals surface area contributed by atoms with Crippen LogP contribution in [0.4, 0.5) is 0 Å². The van der Waals surface area contributed by atoms with Crippen molar-refractivity contribution in [2.45, 2.75) is 18.9 Å². The highest BCUT2D eigenvalue weighted by Gasteiger charge is 2.22. The van der Waals surface area contributed by atoms with Gasteiger partial charge in [0, 0.05) is 12.3 Å². The minimum Gasteiger partial charge on any atom is -0.270 e. The Balaban J connectivity index is 2.22. The number of aliphatic imine (C=N–C) groups is 1. The molecule has 0 saturated carbocycles. The first kappa shape index (κ1) is 7.11.